The summed E-state index contributed by atoms with van der Waals surface area (Å²) in [7, 11) is 1.35. The van der Waals surface area contributed by atoms with Crippen LogP contribution in [0.3, 0.4) is 0 Å². The molecule has 0 bridgehead atoms. The number of aromatic nitrogens is 1. The van der Waals surface area contributed by atoms with Gasteiger partial charge in [0.1, 0.15) is 59.8 Å². The highest BCUT2D eigenvalue weighted by Gasteiger charge is 2.41. The van der Waals surface area contributed by atoms with Crippen molar-refractivity contribution in [2.75, 3.05) is 33.2 Å². The molecular formula is C66H84N12O14. The number of aliphatic carboxylic acids is 1. The van der Waals surface area contributed by atoms with E-state index < -0.39 is 133 Å². The van der Waals surface area contributed by atoms with Gasteiger partial charge in [-0.25, -0.2) is 0 Å². The number of para-hydroxylation sites is 1. The summed E-state index contributed by atoms with van der Waals surface area (Å²) in [6.45, 7) is 0.728. The number of carbonyl (C=O) groups excluding carboxylic acids is 10. The molecule has 1 aromatic heterocycles. The lowest BCUT2D eigenvalue weighted by Gasteiger charge is -2.31. The number of hydrogen-bond acceptors (Lipinski definition) is 14. The van der Waals surface area contributed by atoms with Gasteiger partial charge in [-0.05, 0) is 97.7 Å². The predicted octanol–water partition coefficient (Wildman–Crippen LogP) is 1.40. The predicted molar refractivity (Wildman–Crippen MR) is 339 cm³/mol. The van der Waals surface area contributed by atoms with Crippen LogP contribution in [0, 0.1) is 0 Å². The Hall–Kier alpha value is -9.85. The minimum Gasteiger partial charge on any atom is -0.508 e. The summed E-state index contributed by atoms with van der Waals surface area (Å²) >= 11 is 0. The van der Waals surface area contributed by atoms with Crippen LogP contribution < -0.4 is 48.3 Å². The quantitative estimate of drug-likeness (QED) is 0.0520. The van der Waals surface area contributed by atoms with E-state index in [1.54, 1.807) is 54.7 Å². The van der Waals surface area contributed by atoms with Crippen LogP contribution in [-0.2, 0) is 78.4 Å². The van der Waals surface area contributed by atoms with E-state index in [9.17, 15) is 68.1 Å². The molecule has 2 fully saturated rings. The van der Waals surface area contributed by atoms with Crippen molar-refractivity contribution in [3.63, 3.8) is 0 Å². The molecule has 10 amide bonds. The molecule has 2 saturated heterocycles. The van der Waals surface area contributed by atoms with Gasteiger partial charge in [-0.3, -0.25) is 52.7 Å². The van der Waals surface area contributed by atoms with Crippen LogP contribution in [-0.4, -0.2) is 177 Å². The first-order valence-electron chi connectivity index (χ1n) is 31.2. The van der Waals surface area contributed by atoms with Crippen molar-refractivity contribution in [1.29, 1.82) is 0 Å². The fourth-order valence-electron chi connectivity index (χ4n) is 11.3. The number of likely N-dealkylation sites (N-methyl/N-ethyl adjacent to an activating group) is 1. The number of benzene rings is 4. The molecule has 3 heterocycles. The third-order valence-corrected chi connectivity index (χ3v) is 16.4. The number of phenolic OH excluding ortho intramolecular Hbond substituents is 2. The number of H-pyrrole nitrogens is 1. The number of carbonyl (C=O) groups is 11. The SMILES string of the molecule is CCCCCC[C@@H]1NC(=O)[C@H](Cc2ccc(O)cc2)NC(=O)[C@H](Cc2ccccc2)N(C)C(=O)CNC(=O)[C@H](CCCCN)NC(=O)[C@H]2CCCN2C(=O)[C@H](CC(=O)O)NC(=O)[C@H](Cc2ccc(O)cc2)NC(=O)CNC(=O)[C@H](Cc2c[nH]c3ccccc23)NC1=O. The summed E-state index contributed by atoms with van der Waals surface area (Å²) in [4.78, 5) is 163. The van der Waals surface area contributed by atoms with Crippen molar-refractivity contribution < 1.29 is 68.1 Å². The summed E-state index contributed by atoms with van der Waals surface area (Å²) in [5.41, 5.74) is 8.63. The Balaban J connectivity index is 1.28. The molecule has 0 saturated carbocycles. The number of carboxylic acids is 1. The number of nitrogens with zero attached hydrogens (tertiary/aromatic N) is 2. The Labute approximate surface area is 532 Å². The number of nitrogens with two attached hydrogens (primary N) is 1. The lowest BCUT2D eigenvalue weighted by atomic mass is 10.00. The number of aromatic hydroxyl groups is 2. The smallest absolute Gasteiger partial charge is 0.305 e. The number of rotatable bonds is 19. The normalized spacial score (nSPS) is 22.4. The van der Waals surface area contributed by atoms with Crippen LogP contribution in [0.2, 0.25) is 0 Å². The highest BCUT2D eigenvalue weighted by molar-refractivity contribution is 6.00. The fourth-order valence-corrected chi connectivity index (χ4v) is 11.3. The number of fused-ring (bicyclic) bond motifs is 2. The summed E-state index contributed by atoms with van der Waals surface area (Å²) in [6.07, 6.45) is 3.98. The monoisotopic (exact) mass is 1270 g/mol. The van der Waals surface area contributed by atoms with Crippen molar-refractivity contribution in [3.8, 4) is 11.5 Å². The van der Waals surface area contributed by atoms with Crippen molar-refractivity contribution in [2.24, 2.45) is 5.73 Å². The molecule has 26 heteroatoms. The maximum Gasteiger partial charge on any atom is 0.305 e. The molecule has 0 unspecified atom stereocenters. The summed E-state index contributed by atoms with van der Waals surface area (Å²) in [5, 5.41) is 52.5. The number of hydrogen-bond donors (Lipinski definition) is 13. The minimum absolute atomic E-state index is 0.0331. The minimum atomic E-state index is -1.80. The zero-order valence-corrected chi connectivity index (χ0v) is 51.8. The molecule has 8 atom stereocenters. The third-order valence-electron chi connectivity index (χ3n) is 16.4. The van der Waals surface area contributed by atoms with E-state index in [0.29, 0.717) is 47.9 Å². The van der Waals surface area contributed by atoms with Crippen molar-refractivity contribution in [1.82, 2.24) is 57.3 Å². The Morgan fingerprint density at radius 2 is 1.07 bits per heavy atom. The Morgan fingerprint density at radius 1 is 0.543 bits per heavy atom. The largest absolute Gasteiger partial charge is 0.508 e. The highest BCUT2D eigenvalue weighted by Crippen LogP contribution is 2.23. The van der Waals surface area contributed by atoms with E-state index in [2.05, 4.69) is 47.5 Å². The lowest BCUT2D eigenvalue weighted by Crippen LogP contribution is -2.60. The Morgan fingerprint density at radius 3 is 1.71 bits per heavy atom. The second kappa shape index (κ2) is 34.4. The van der Waals surface area contributed by atoms with Crippen molar-refractivity contribution >= 4 is 75.9 Å². The molecule has 2 aliphatic rings. The average molecular weight is 1270 g/mol. The van der Waals surface area contributed by atoms with Crippen LogP contribution in [0.25, 0.3) is 10.9 Å². The molecule has 492 valence electrons. The molecule has 4 aromatic carbocycles. The molecule has 7 rings (SSSR count). The van der Waals surface area contributed by atoms with Crippen LogP contribution in [0.4, 0.5) is 0 Å². The maximum absolute atomic E-state index is 15.0. The molecule has 2 aliphatic heterocycles. The van der Waals surface area contributed by atoms with Gasteiger partial charge < -0.3 is 78.4 Å². The van der Waals surface area contributed by atoms with Gasteiger partial charge in [-0.2, -0.15) is 0 Å². The van der Waals surface area contributed by atoms with Crippen LogP contribution in [0.15, 0.2) is 109 Å². The van der Waals surface area contributed by atoms with E-state index in [0.717, 1.165) is 33.5 Å². The second-order valence-corrected chi connectivity index (χ2v) is 23.3. The van der Waals surface area contributed by atoms with Crippen LogP contribution in [0.5, 0.6) is 11.5 Å². The van der Waals surface area contributed by atoms with E-state index in [4.69, 9.17) is 5.73 Å². The zero-order valence-electron chi connectivity index (χ0n) is 51.8. The molecule has 26 nitrogen and oxygen atoms in total. The van der Waals surface area contributed by atoms with E-state index in [1.165, 1.54) is 43.4 Å². The number of unbranched alkanes of at least 4 members (excludes halogenated alkanes) is 4. The fraction of sp³-hybridized carbons (Fsp3) is 0.439. The van der Waals surface area contributed by atoms with Gasteiger partial charge in [0, 0.05) is 56.4 Å². The first kappa shape index (κ1) is 69.6. The third kappa shape index (κ3) is 20.3. The molecule has 92 heavy (non-hydrogen) atoms. The number of carboxylic acid groups (broad SMARTS) is 1. The number of phenols is 2. The Kier molecular flexibility index (Phi) is 26.0. The summed E-state index contributed by atoms with van der Waals surface area (Å²) in [6, 6.07) is 16.1. The van der Waals surface area contributed by atoms with Gasteiger partial charge in [0.05, 0.1) is 19.5 Å². The first-order valence-corrected chi connectivity index (χ1v) is 31.2. The average Bonchev–Trinajstić information content (AvgIpc) is 1.71. The lowest BCUT2D eigenvalue weighted by molar-refractivity contribution is -0.146. The first-order chi connectivity index (χ1) is 44.2. The standard InChI is InChI=1S/C66H84N12O14/c1-3-4-5-9-19-49-61(87)74-52(35-43-37-68-47-18-11-10-17-46(43)47)60(86)69-38-56(81)71-50(32-41-22-26-44(79)27-23-41)62(88)76-53(36-58(83)84)66(92)78-31-14-21-54(78)64(90)73-48(20-12-13-30-67)59(85)70-39-57(82)77(2)55(34-40-15-7-6-8-16-40)65(91)75-51(63(89)72-49)33-42-24-28-45(80)29-25-42/h6-8,10-11,15-18,22-29,37,48-55,68,79-80H,3-5,9,12-14,19-21,30-36,38-39,67H2,1-2H3,(H,69,86)(H,70,85)(H,71,81)(H,72,89)(H,73,90)(H,74,87)(H,75,91)(H,76,88)(H,83,84)/t48-,49-,50-,51-,52-,53-,54+,55-/m0/s1. The molecule has 5 aromatic rings. The number of aromatic amines is 1. The number of nitrogens with one attached hydrogen (secondary N) is 9. The van der Waals surface area contributed by atoms with Crippen LogP contribution >= 0.6 is 0 Å². The van der Waals surface area contributed by atoms with Gasteiger partial charge in [0.2, 0.25) is 59.1 Å². The summed E-state index contributed by atoms with van der Waals surface area (Å²) < 4.78 is 0. The van der Waals surface area contributed by atoms with E-state index in [1.807, 2.05) is 25.1 Å². The van der Waals surface area contributed by atoms with E-state index in [-0.39, 0.29) is 76.0 Å². The van der Waals surface area contributed by atoms with Gasteiger partial charge in [0.15, 0.2) is 0 Å². The van der Waals surface area contributed by atoms with Gasteiger partial charge in [-0.1, -0.05) is 105 Å². The summed E-state index contributed by atoms with van der Waals surface area (Å²) in [5.74, 6) is -10.2. The van der Waals surface area contributed by atoms with Gasteiger partial charge in [0.25, 0.3) is 0 Å². The molecule has 0 aliphatic carbocycles. The van der Waals surface area contributed by atoms with Crippen LogP contribution in [0.1, 0.15) is 99.8 Å². The topological polar surface area (TPSA) is 393 Å². The highest BCUT2D eigenvalue weighted by atomic mass is 16.4. The molecular weight excluding hydrogens is 1180 g/mol. The second-order valence-electron chi connectivity index (χ2n) is 23.3. The van der Waals surface area contributed by atoms with E-state index >= 15 is 0 Å². The molecule has 0 spiro atoms. The zero-order chi connectivity index (χ0) is 66.3. The number of amides is 10. The molecule has 14 N–H and O–H groups in total. The maximum atomic E-state index is 15.0. The van der Waals surface area contributed by atoms with Gasteiger partial charge >= 0.3 is 5.97 Å². The van der Waals surface area contributed by atoms with Crippen molar-refractivity contribution in [2.45, 2.75) is 152 Å². The Bertz CT molecular complexity index is 3380. The van der Waals surface area contributed by atoms with Crippen molar-refractivity contribution in [3.05, 3.63) is 132 Å². The van der Waals surface area contributed by atoms with Gasteiger partial charge in [-0.15, -0.1) is 0 Å². The molecule has 0 radical (unpaired) electrons.